The first kappa shape index (κ1) is 18.6. The van der Waals surface area contributed by atoms with Crippen molar-refractivity contribution in [3.05, 3.63) is 63.6 Å². The molecule has 1 aromatic carbocycles. The first-order chi connectivity index (χ1) is 14.1. The molecule has 0 spiro atoms. The number of anilines is 1. The molecule has 5 nitrogen and oxygen atoms in total. The summed E-state index contributed by atoms with van der Waals surface area (Å²) in [6.07, 6.45) is 3.68. The molecule has 2 atom stereocenters. The lowest BCUT2D eigenvalue weighted by atomic mass is 9.96. The third kappa shape index (κ3) is 3.51. The van der Waals surface area contributed by atoms with Crippen LogP contribution in [0, 0.1) is 19.8 Å². The monoisotopic (exact) mass is 407 g/mol. The van der Waals surface area contributed by atoms with Crippen LogP contribution in [0.1, 0.15) is 40.7 Å². The van der Waals surface area contributed by atoms with E-state index >= 15 is 0 Å². The Morgan fingerprint density at radius 3 is 2.79 bits per heavy atom. The summed E-state index contributed by atoms with van der Waals surface area (Å²) < 4.78 is 1.91. The Labute approximate surface area is 175 Å². The molecule has 1 saturated carbocycles. The van der Waals surface area contributed by atoms with Gasteiger partial charge in [-0.2, -0.15) is 5.10 Å². The number of rotatable bonds is 5. The third-order valence-corrected chi connectivity index (χ3v) is 7.26. The number of nitrogens with one attached hydrogen (secondary N) is 2. The van der Waals surface area contributed by atoms with Gasteiger partial charge in [-0.25, -0.2) is 4.68 Å². The van der Waals surface area contributed by atoms with Crippen LogP contribution < -0.4 is 10.2 Å². The lowest BCUT2D eigenvalue weighted by Gasteiger charge is -2.32. The molecule has 0 bridgehead atoms. The molecule has 5 rings (SSSR count). The Hall–Kier alpha value is -2.44. The van der Waals surface area contributed by atoms with Gasteiger partial charge in [-0.05, 0) is 50.3 Å². The molecule has 2 N–H and O–H groups in total. The largest absolute Gasteiger partial charge is 0.320 e. The minimum atomic E-state index is 0.0862. The zero-order chi connectivity index (χ0) is 20.0. The first-order valence-corrected chi connectivity index (χ1v) is 11.3. The maximum absolute atomic E-state index is 13.0. The van der Waals surface area contributed by atoms with Crippen LogP contribution in [0.15, 0.2) is 41.8 Å². The number of carbonyl (C=O) groups excluding carboxylic acids is 1. The number of carbonyl (C=O) groups is 1. The second-order valence-corrected chi connectivity index (χ2v) is 9.29. The van der Waals surface area contributed by atoms with Crippen LogP contribution in [0.4, 0.5) is 5.69 Å². The fourth-order valence-electron chi connectivity index (χ4n) is 4.73. The molecule has 1 aliphatic heterocycles. The molecule has 1 amide bonds. The van der Waals surface area contributed by atoms with E-state index in [1.807, 2.05) is 60.2 Å². The summed E-state index contributed by atoms with van der Waals surface area (Å²) in [4.78, 5) is 16.0. The van der Waals surface area contributed by atoms with Gasteiger partial charge in [-0.15, -0.1) is 11.3 Å². The number of hydrogen-bond donors (Lipinski definition) is 2. The van der Waals surface area contributed by atoms with Gasteiger partial charge >= 0.3 is 0 Å². The molecule has 2 aromatic heterocycles. The normalized spacial score (nSPS) is 21.0. The smallest absolute Gasteiger partial charge is 0.279 e. The summed E-state index contributed by atoms with van der Waals surface area (Å²) in [5.74, 6) is 0.832. The van der Waals surface area contributed by atoms with Gasteiger partial charge in [-0.3, -0.25) is 4.79 Å². The van der Waals surface area contributed by atoms with Crippen molar-refractivity contribution in [1.82, 2.24) is 9.78 Å². The molecule has 0 saturated heterocycles. The average molecular weight is 408 g/mol. The van der Waals surface area contributed by atoms with Gasteiger partial charge in [0.1, 0.15) is 6.04 Å². The van der Waals surface area contributed by atoms with E-state index in [1.54, 1.807) is 0 Å². The maximum atomic E-state index is 13.0. The number of aromatic nitrogens is 2. The van der Waals surface area contributed by atoms with Crippen molar-refractivity contribution in [2.75, 3.05) is 18.4 Å². The van der Waals surface area contributed by atoms with E-state index in [2.05, 4.69) is 21.9 Å². The van der Waals surface area contributed by atoms with E-state index in [4.69, 9.17) is 0 Å². The summed E-state index contributed by atoms with van der Waals surface area (Å²) in [5, 5.41) is 10.0. The molecular formula is C23H27N4OS+. The highest BCUT2D eigenvalue weighted by Crippen LogP contribution is 2.42. The first-order valence-electron chi connectivity index (χ1n) is 10.4. The summed E-state index contributed by atoms with van der Waals surface area (Å²) in [7, 11) is 0. The standard InChI is InChI=1S/C23H26N4OS/c1-15-22(16(2)27(25-15)18-6-4-3-5-7-18)24-21(28)14-26-12-10-20-19(11-13-29-20)23(26)17-8-9-17/h3-7,11,13,17,23H,8-10,12,14H2,1-2H3,(H,24,28)/p+1/t23-/m1/s1. The van der Waals surface area contributed by atoms with E-state index < -0.39 is 0 Å². The van der Waals surface area contributed by atoms with Crippen LogP contribution in [0.2, 0.25) is 0 Å². The molecule has 3 aromatic rings. The summed E-state index contributed by atoms with van der Waals surface area (Å²) >= 11 is 1.88. The van der Waals surface area contributed by atoms with Crippen molar-refractivity contribution in [3.63, 3.8) is 0 Å². The van der Waals surface area contributed by atoms with Crippen molar-refractivity contribution < 1.29 is 9.69 Å². The molecule has 6 heteroatoms. The number of aryl methyl sites for hydroxylation is 1. The number of amides is 1. The predicted molar refractivity (Wildman–Crippen MR) is 116 cm³/mol. The summed E-state index contributed by atoms with van der Waals surface area (Å²) in [6.45, 7) is 5.54. The number of quaternary nitrogens is 1. The molecule has 1 aliphatic carbocycles. The number of fused-ring (bicyclic) bond motifs is 1. The molecular weight excluding hydrogens is 380 g/mol. The fourth-order valence-corrected chi connectivity index (χ4v) is 5.66. The number of benzene rings is 1. The van der Waals surface area contributed by atoms with Crippen molar-refractivity contribution in [1.29, 1.82) is 0 Å². The molecule has 150 valence electrons. The molecule has 1 unspecified atom stereocenters. The lowest BCUT2D eigenvalue weighted by Crippen LogP contribution is -3.14. The van der Waals surface area contributed by atoms with Crippen molar-refractivity contribution in [2.24, 2.45) is 5.92 Å². The molecule has 3 heterocycles. The highest BCUT2D eigenvalue weighted by atomic mass is 32.1. The molecule has 0 radical (unpaired) electrons. The van der Waals surface area contributed by atoms with E-state index in [1.165, 1.54) is 28.2 Å². The quantitative estimate of drug-likeness (QED) is 0.683. The van der Waals surface area contributed by atoms with Crippen LogP contribution >= 0.6 is 11.3 Å². The Kier molecular flexibility index (Phi) is 4.76. The SMILES string of the molecule is Cc1nn(-c2ccccc2)c(C)c1NC(=O)C[NH+]1CCc2sccc2[C@H]1C1CC1. The van der Waals surface area contributed by atoms with Crippen LogP contribution in [0.25, 0.3) is 5.69 Å². The minimum Gasteiger partial charge on any atom is -0.320 e. The van der Waals surface area contributed by atoms with Gasteiger partial charge in [0, 0.05) is 22.8 Å². The summed E-state index contributed by atoms with van der Waals surface area (Å²) in [6, 6.07) is 12.8. The Balaban J connectivity index is 1.33. The topological polar surface area (TPSA) is 51.4 Å². The van der Waals surface area contributed by atoms with E-state index in [-0.39, 0.29) is 5.91 Å². The fraction of sp³-hybridized carbons (Fsp3) is 0.391. The van der Waals surface area contributed by atoms with Gasteiger partial charge in [0.05, 0.1) is 29.3 Å². The second-order valence-electron chi connectivity index (χ2n) is 8.29. The van der Waals surface area contributed by atoms with E-state index in [0.717, 1.165) is 41.6 Å². The Bertz CT molecular complexity index is 1030. The summed E-state index contributed by atoms with van der Waals surface area (Å²) in [5.41, 5.74) is 5.17. The zero-order valence-electron chi connectivity index (χ0n) is 16.9. The molecule has 2 aliphatic rings. The number of para-hydroxylation sites is 1. The molecule has 29 heavy (non-hydrogen) atoms. The Morgan fingerprint density at radius 1 is 1.24 bits per heavy atom. The van der Waals surface area contributed by atoms with E-state index in [9.17, 15) is 4.79 Å². The van der Waals surface area contributed by atoms with Crippen LogP contribution in [0.3, 0.4) is 0 Å². The van der Waals surface area contributed by atoms with E-state index in [0.29, 0.717) is 12.6 Å². The van der Waals surface area contributed by atoms with Crippen LogP contribution in [0.5, 0.6) is 0 Å². The van der Waals surface area contributed by atoms with Crippen LogP contribution in [-0.4, -0.2) is 28.8 Å². The Morgan fingerprint density at radius 2 is 2.03 bits per heavy atom. The highest BCUT2D eigenvalue weighted by Gasteiger charge is 2.43. The number of nitrogens with zero attached hydrogens (tertiary/aromatic N) is 2. The van der Waals surface area contributed by atoms with Gasteiger partial charge in [0.25, 0.3) is 5.91 Å². The van der Waals surface area contributed by atoms with Gasteiger partial charge in [-0.1, -0.05) is 18.2 Å². The number of thiophene rings is 1. The predicted octanol–water partition coefficient (Wildman–Crippen LogP) is 3.08. The van der Waals surface area contributed by atoms with Crippen molar-refractivity contribution in [2.45, 2.75) is 39.2 Å². The lowest BCUT2D eigenvalue weighted by molar-refractivity contribution is -0.928. The van der Waals surface area contributed by atoms with Crippen molar-refractivity contribution in [3.8, 4) is 5.69 Å². The third-order valence-electron chi connectivity index (χ3n) is 6.27. The molecule has 1 fully saturated rings. The van der Waals surface area contributed by atoms with Gasteiger partial charge < -0.3 is 10.2 Å². The second kappa shape index (κ2) is 7.43. The maximum Gasteiger partial charge on any atom is 0.279 e. The minimum absolute atomic E-state index is 0.0862. The van der Waals surface area contributed by atoms with Gasteiger partial charge in [0.2, 0.25) is 0 Å². The van der Waals surface area contributed by atoms with Crippen LogP contribution in [-0.2, 0) is 11.2 Å². The number of hydrogen-bond acceptors (Lipinski definition) is 3. The van der Waals surface area contributed by atoms with Gasteiger partial charge in [0.15, 0.2) is 6.54 Å². The van der Waals surface area contributed by atoms with Crippen molar-refractivity contribution >= 4 is 22.9 Å². The zero-order valence-corrected chi connectivity index (χ0v) is 17.8. The average Bonchev–Trinajstić information content (AvgIpc) is 3.38. The highest BCUT2D eigenvalue weighted by molar-refractivity contribution is 7.10.